The molecule has 0 fully saturated rings. The van der Waals surface area contributed by atoms with E-state index in [0.717, 1.165) is 11.5 Å². The van der Waals surface area contributed by atoms with E-state index in [2.05, 4.69) is 21.0 Å². The molecule has 2 rings (SSSR count). The predicted octanol–water partition coefficient (Wildman–Crippen LogP) is -0.0996. The molecule has 0 atom stereocenters. The molecule has 0 aliphatic rings. The zero-order chi connectivity index (χ0) is 9.97. The Hall–Kier alpha value is -2.05. The van der Waals surface area contributed by atoms with Crippen molar-refractivity contribution in [3.63, 3.8) is 0 Å². The molecule has 0 bridgehead atoms. The van der Waals surface area contributed by atoms with Crippen LogP contribution in [0.1, 0.15) is 11.5 Å². The van der Waals surface area contributed by atoms with Gasteiger partial charge in [-0.25, -0.2) is 0 Å². The van der Waals surface area contributed by atoms with Gasteiger partial charge in [-0.05, 0) is 29.5 Å². The number of nitrogens with two attached hydrogens (primary N) is 1. The SMILES string of the molecule is Cc1ccc(CNn2nnnc2N)o1. The van der Waals surface area contributed by atoms with Gasteiger partial charge in [0.2, 0.25) is 0 Å². The molecule has 7 nitrogen and oxygen atoms in total. The Kier molecular flexibility index (Phi) is 2.05. The number of hydrogen-bond acceptors (Lipinski definition) is 6. The molecule has 0 spiro atoms. The van der Waals surface area contributed by atoms with Crippen molar-refractivity contribution in [3.05, 3.63) is 23.7 Å². The highest BCUT2D eigenvalue weighted by atomic mass is 16.3. The number of furan rings is 1. The molecule has 0 aliphatic carbocycles. The summed E-state index contributed by atoms with van der Waals surface area (Å²) in [4.78, 5) is 1.29. The molecule has 0 radical (unpaired) electrons. The minimum atomic E-state index is 0.216. The van der Waals surface area contributed by atoms with Gasteiger partial charge in [0.05, 0.1) is 6.54 Å². The molecule has 3 N–H and O–H groups in total. The highest BCUT2D eigenvalue weighted by Crippen LogP contribution is 2.05. The third-order valence-corrected chi connectivity index (χ3v) is 1.69. The minimum Gasteiger partial charge on any atom is -0.464 e. The number of nitrogen functional groups attached to an aromatic ring is 1. The maximum Gasteiger partial charge on any atom is 0.260 e. The zero-order valence-corrected chi connectivity index (χ0v) is 7.64. The fourth-order valence-corrected chi connectivity index (χ4v) is 1.04. The van der Waals surface area contributed by atoms with Gasteiger partial charge in [-0.3, -0.25) is 5.43 Å². The molecule has 0 saturated carbocycles. The first kappa shape index (κ1) is 8.54. The fourth-order valence-electron chi connectivity index (χ4n) is 1.04. The third-order valence-electron chi connectivity index (χ3n) is 1.69. The van der Waals surface area contributed by atoms with Crippen LogP contribution in [0, 0.1) is 6.92 Å². The molecule has 0 aliphatic heterocycles. The van der Waals surface area contributed by atoms with Crippen LogP contribution in [0.2, 0.25) is 0 Å². The lowest BCUT2D eigenvalue weighted by molar-refractivity contribution is 0.481. The Morgan fingerprint density at radius 1 is 1.57 bits per heavy atom. The standard InChI is InChI=1S/C7H10N6O/c1-5-2-3-6(14-5)4-9-13-7(8)10-11-12-13/h2-3,9H,4H2,1H3,(H2,8,10,12). The molecule has 2 heterocycles. The lowest BCUT2D eigenvalue weighted by Crippen LogP contribution is -2.18. The van der Waals surface area contributed by atoms with E-state index < -0.39 is 0 Å². The topological polar surface area (TPSA) is 94.8 Å². The third kappa shape index (κ3) is 1.65. The van der Waals surface area contributed by atoms with Crippen LogP contribution in [0.4, 0.5) is 5.95 Å². The van der Waals surface area contributed by atoms with Crippen LogP contribution < -0.4 is 11.2 Å². The Bertz CT molecular complexity index is 419. The van der Waals surface area contributed by atoms with Gasteiger partial charge in [0.15, 0.2) is 0 Å². The van der Waals surface area contributed by atoms with Crippen LogP contribution >= 0.6 is 0 Å². The maximum atomic E-state index is 5.44. The number of nitrogens with one attached hydrogen (secondary N) is 1. The summed E-state index contributed by atoms with van der Waals surface area (Å²) in [5.41, 5.74) is 8.33. The maximum absolute atomic E-state index is 5.44. The summed E-state index contributed by atoms with van der Waals surface area (Å²) >= 11 is 0. The molecule has 0 saturated heterocycles. The number of tetrazole rings is 1. The second-order valence-electron chi connectivity index (χ2n) is 2.80. The van der Waals surface area contributed by atoms with Crippen LogP contribution in [0.25, 0.3) is 0 Å². The van der Waals surface area contributed by atoms with E-state index in [1.54, 1.807) is 0 Å². The van der Waals surface area contributed by atoms with E-state index in [0.29, 0.717) is 6.54 Å². The first-order valence-electron chi connectivity index (χ1n) is 4.09. The second-order valence-corrected chi connectivity index (χ2v) is 2.80. The van der Waals surface area contributed by atoms with Crippen molar-refractivity contribution in [2.24, 2.45) is 0 Å². The van der Waals surface area contributed by atoms with Gasteiger partial charge in [-0.1, -0.05) is 5.10 Å². The smallest absolute Gasteiger partial charge is 0.260 e. The number of anilines is 1. The van der Waals surface area contributed by atoms with E-state index in [1.165, 1.54) is 4.79 Å². The van der Waals surface area contributed by atoms with E-state index in [9.17, 15) is 0 Å². The quantitative estimate of drug-likeness (QED) is 0.708. The van der Waals surface area contributed by atoms with E-state index in [4.69, 9.17) is 10.2 Å². The van der Waals surface area contributed by atoms with Gasteiger partial charge in [0.1, 0.15) is 11.5 Å². The van der Waals surface area contributed by atoms with Crippen molar-refractivity contribution in [2.45, 2.75) is 13.5 Å². The first-order valence-corrected chi connectivity index (χ1v) is 4.09. The van der Waals surface area contributed by atoms with E-state index in [-0.39, 0.29) is 5.95 Å². The summed E-state index contributed by atoms with van der Waals surface area (Å²) < 4.78 is 5.34. The van der Waals surface area contributed by atoms with Gasteiger partial charge in [0, 0.05) is 0 Å². The Morgan fingerprint density at radius 3 is 3.00 bits per heavy atom. The van der Waals surface area contributed by atoms with Crippen molar-refractivity contribution >= 4 is 5.95 Å². The molecule has 14 heavy (non-hydrogen) atoms. The summed E-state index contributed by atoms with van der Waals surface area (Å²) in [6, 6.07) is 3.77. The minimum absolute atomic E-state index is 0.216. The summed E-state index contributed by atoms with van der Waals surface area (Å²) in [5, 5.41) is 10.5. The molecule has 0 amide bonds. The summed E-state index contributed by atoms with van der Waals surface area (Å²) in [6.07, 6.45) is 0. The average Bonchev–Trinajstić information content (AvgIpc) is 2.72. The average molecular weight is 194 g/mol. The van der Waals surface area contributed by atoms with Gasteiger partial charge in [-0.15, -0.1) is 4.79 Å². The second kappa shape index (κ2) is 3.36. The first-order chi connectivity index (χ1) is 6.75. The predicted molar refractivity (Wildman–Crippen MR) is 48.7 cm³/mol. The van der Waals surface area contributed by atoms with Crippen molar-refractivity contribution in [3.8, 4) is 0 Å². The highest BCUT2D eigenvalue weighted by molar-refractivity contribution is 5.13. The lowest BCUT2D eigenvalue weighted by Gasteiger charge is -2.02. The molecule has 0 unspecified atom stereocenters. The monoisotopic (exact) mass is 194 g/mol. The summed E-state index contributed by atoms with van der Waals surface area (Å²) in [6.45, 7) is 2.37. The molecule has 2 aromatic heterocycles. The normalized spacial score (nSPS) is 10.4. The highest BCUT2D eigenvalue weighted by Gasteiger charge is 2.01. The zero-order valence-electron chi connectivity index (χ0n) is 7.64. The van der Waals surface area contributed by atoms with Gasteiger partial charge < -0.3 is 10.2 Å². The lowest BCUT2D eigenvalue weighted by atomic mass is 10.4. The number of hydrogen-bond donors (Lipinski definition) is 2. The van der Waals surface area contributed by atoms with E-state index >= 15 is 0 Å². The molecular formula is C7H10N6O. The van der Waals surface area contributed by atoms with Crippen LogP contribution in [-0.2, 0) is 6.54 Å². The van der Waals surface area contributed by atoms with Gasteiger partial charge >= 0.3 is 0 Å². The Balaban J connectivity index is 1.98. The van der Waals surface area contributed by atoms with Crippen molar-refractivity contribution in [2.75, 3.05) is 11.2 Å². The van der Waals surface area contributed by atoms with Crippen LogP contribution in [0.15, 0.2) is 16.5 Å². The summed E-state index contributed by atoms with van der Waals surface area (Å²) in [7, 11) is 0. The van der Waals surface area contributed by atoms with Gasteiger partial charge in [-0.2, -0.15) is 0 Å². The van der Waals surface area contributed by atoms with Crippen molar-refractivity contribution in [1.82, 2.24) is 20.3 Å². The molecule has 0 aromatic carbocycles. The Morgan fingerprint density at radius 2 is 2.43 bits per heavy atom. The van der Waals surface area contributed by atoms with Crippen molar-refractivity contribution in [1.29, 1.82) is 0 Å². The van der Waals surface area contributed by atoms with Crippen molar-refractivity contribution < 1.29 is 4.42 Å². The molecular weight excluding hydrogens is 184 g/mol. The molecule has 7 heteroatoms. The van der Waals surface area contributed by atoms with Crippen LogP contribution in [-0.4, -0.2) is 20.3 Å². The summed E-state index contributed by atoms with van der Waals surface area (Å²) in [5.74, 6) is 1.89. The molecule has 74 valence electrons. The number of rotatable bonds is 3. The largest absolute Gasteiger partial charge is 0.464 e. The fraction of sp³-hybridized carbons (Fsp3) is 0.286. The number of aryl methyl sites for hydroxylation is 1. The van der Waals surface area contributed by atoms with Gasteiger partial charge in [0.25, 0.3) is 5.95 Å². The number of nitrogens with zero attached hydrogens (tertiary/aromatic N) is 4. The molecule has 2 aromatic rings. The van der Waals surface area contributed by atoms with E-state index in [1.807, 2.05) is 19.1 Å². The Labute approximate surface area is 79.9 Å². The van der Waals surface area contributed by atoms with Crippen LogP contribution in [0.3, 0.4) is 0 Å². The number of aromatic nitrogens is 4. The van der Waals surface area contributed by atoms with Crippen LogP contribution in [0.5, 0.6) is 0 Å².